The number of hydrogen-bond acceptors (Lipinski definition) is 1. The molecule has 12 heavy (non-hydrogen) atoms. The number of rotatable bonds is 2. The number of likely N-dealkylation sites (tertiary alicyclic amines) is 1. The third-order valence-electron chi connectivity index (χ3n) is 3.42. The van der Waals surface area contributed by atoms with E-state index in [9.17, 15) is 0 Å². The molecular weight excluding hydrogens is 146 g/mol. The Hall–Kier alpha value is -0.0400. The van der Waals surface area contributed by atoms with Crippen LogP contribution in [0.15, 0.2) is 0 Å². The van der Waals surface area contributed by atoms with Crippen LogP contribution in [0, 0.1) is 5.92 Å². The van der Waals surface area contributed by atoms with Crippen molar-refractivity contribution in [3.8, 4) is 0 Å². The first-order valence-corrected chi connectivity index (χ1v) is 5.44. The van der Waals surface area contributed by atoms with Crippen molar-refractivity contribution in [2.45, 2.75) is 59.0 Å². The first kappa shape index (κ1) is 10.0. The van der Waals surface area contributed by atoms with Gasteiger partial charge in [-0.2, -0.15) is 0 Å². The average molecular weight is 169 g/mol. The van der Waals surface area contributed by atoms with Gasteiger partial charge in [0, 0.05) is 12.1 Å². The second kappa shape index (κ2) is 4.27. The minimum atomic E-state index is 0.809. The summed E-state index contributed by atoms with van der Waals surface area (Å²) in [4.78, 5) is 2.63. The lowest BCUT2D eigenvalue weighted by molar-refractivity contribution is 0.0745. The van der Waals surface area contributed by atoms with Gasteiger partial charge in [0.05, 0.1) is 0 Å². The van der Waals surface area contributed by atoms with Crippen molar-refractivity contribution in [2.24, 2.45) is 5.92 Å². The summed E-state index contributed by atoms with van der Waals surface area (Å²) in [5.41, 5.74) is 0. The van der Waals surface area contributed by atoms with Crippen LogP contribution in [0.25, 0.3) is 0 Å². The minimum absolute atomic E-state index is 0.809. The molecule has 0 spiro atoms. The molecule has 2 unspecified atom stereocenters. The van der Waals surface area contributed by atoms with Crippen molar-refractivity contribution in [1.29, 1.82) is 0 Å². The average Bonchev–Trinajstić information content (AvgIpc) is 2.03. The van der Waals surface area contributed by atoms with Gasteiger partial charge in [-0.05, 0) is 39.2 Å². The largest absolute Gasteiger partial charge is 0.298 e. The number of piperidine rings is 1. The first-order chi connectivity index (χ1) is 5.69. The van der Waals surface area contributed by atoms with Crippen LogP contribution in [0.5, 0.6) is 0 Å². The van der Waals surface area contributed by atoms with E-state index < -0.39 is 0 Å². The van der Waals surface area contributed by atoms with Crippen LogP contribution < -0.4 is 0 Å². The van der Waals surface area contributed by atoms with E-state index in [1.807, 2.05) is 0 Å². The van der Waals surface area contributed by atoms with Gasteiger partial charge in [-0.1, -0.05) is 20.3 Å². The Morgan fingerprint density at radius 3 is 1.92 bits per heavy atom. The van der Waals surface area contributed by atoms with Crippen LogP contribution in [0.3, 0.4) is 0 Å². The Morgan fingerprint density at radius 2 is 1.58 bits per heavy atom. The van der Waals surface area contributed by atoms with Gasteiger partial charge in [0.1, 0.15) is 0 Å². The van der Waals surface area contributed by atoms with Gasteiger partial charge >= 0.3 is 0 Å². The third-order valence-corrected chi connectivity index (χ3v) is 3.42. The van der Waals surface area contributed by atoms with Crippen molar-refractivity contribution in [3.05, 3.63) is 0 Å². The first-order valence-electron chi connectivity index (χ1n) is 5.44. The highest BCUT2D eigenvalue weighted by Gasteiger charge is 2.28. The molecule has 1 aliphatic rings. The lowest BCUT2D eigenvalue weighted by Crippen LogP contribution is -2.46. The zero-order valence-electron chi connectivity index (χ0n) is 9.01. The highest BCUT2D eigenvalue weighted by atomic mass is 15.2. The highest BCUT2D eigenvalue weighted by Crippen LogP contribution is 2.28. The van der Waals surface area contributed by atoms with Crippen molar-refractivity contribution in [2.75, 3.05) is 6.54 Å². The molecule has 72 valence electrons. The Balaban J connectivity index is 2.51. The fourth-order valence-electron chi connectivity index (χ4n) is 2.72. The summed E-state index contributed by atoms with van der Waals surface area (Å²) in [7, 11) is 0. The molecule has 0 N–H and O–H groups in total. The SMILES string of the molecule is CCC1CC(C)N(CC)C(C)C1. The van der Waals surface area contributed by atoms with Crippen molar-refractivity contribution in [1.82, 2.24) is 4.90 Å². The molecule has 0 radical (unpaired) electrons. The second-order valence-electron chi connectivity index (χ2n) is 4.27. The molecule has 1 saturated heterocycles. The molecule has 1 heteroatoms. The van der Waals surface area contributed by atoms with E-state index in [4.69, 9.17) is 0 Å². The van der Waals surface area contributed by atoms with E-state index in [2.05, 4.69) is 32.6 Å². The van der Waals surface area contributed by atoms with E-state index in [0.29, 0.717) is 0 Å². The van der Waals surface area contributed by atoms with Crippen LogP contribution in [0.2, 0.25) is 0 Å². The maximum absolute atomic E-state index is 2.63. The zero-order valence-corrected chi connectivity index (χ0v) is 9.01. The van der Waals surface area contributed by atoms with E-state index >= 15 is 0 Å². The van der Waals surface area contributed by atoms with E-state index in [0.717, 1.165) is 18.0 Å². The minimum Gasteiger partial charge on any atom is -0.298 e. The van der Waals surface area contributed by atoms with E-state index in [-0.39, 0.29) is 0 Å². The molecular formula is C11H23N. The summed E-state index contributed by atoms with van der Waals surface area (Å²) in [5.74, 6) is 0.984. The van der Waals surface area contributed by atoms with Crippen LogP contribution in [-0.4, -0.2) is 23.5 Å². The second-order valence-corrected chi connectivity index (χ2v) is 4.27. The molecule has 1 aliphatic heterocycles. The molecule has 0 bridgehead atoms. The van der Waals surface area contributed by atoms with Gasteiger partial charge in [-0.3, -0.25) is 4.90 Å². The Labute approximate surface area is 77.1 Å². The number of nitrogens with zero attached hydrogens (tertiary/aromatic N) is 1. The molecule has 0 aromatic carbocycles. The van der Waals surface area contributed by atoms with Gasteiger partial charge in [-0.15, -0.1) is 0 Å². The topological polar surface area (TPSA) is 3.24 Å². The van der Waals surface area contributed by atoms with E-state index in [1.165, 1.54) is 25.8 Å². The summed E-state index contributed by atoms with van der Waals surface area (Å²) < 4.78 is 0. The maximum atomic E-state index is 2.63. The Morgan fingerprint density at radius 1 is 1.08 bits per heavy atom. The van der Waals surface area contributed by atoms with Crippen molar-refractivity contribution >= 4 is 0 Å². The van der Waals surface area contributed by atoms with Gasteiger partial charge in [0.15, 0.2) is 0 Å². The molecule has 1 rings (SSSR count). The fraction of sp³-hybridized carbons (Fsp3) is 1.00. The van der Waals surface area contributed by atoms with Crippen LogP contribution in [0.1, 0.15) is 47.0 Å². The molecule has 0 saturated carbocycles. The molecule has 0 amide bonds. The highest BCUT2D eigenvalue weighted by molar-refractivity contribution is 4.82. The van der Waals surface area contributed by atoms with Crippen LogP contribution >= 0.6 is 0 Å². The van der Waals surface area contributed by atoms with Crippen LogP contribution in [-0.2, 0) is 0 Å². The Kier molecular flexibility index (Phi) is 3.57. The van der Waals surface area contributed by atoms with E-state index in [1.54, 1.807) is 0 Å². The maximum Gasteiger partial charge on any atom is 0.00722 e. The van der Waals surface area contributed by atoms with Gasteiger partial charge < -0.3 is 0 Å². The lowest BCUT2D eigenvalue weighted by Gasteiger charge is -2.42. The summed E-state index contributed by atoms with van der Waals surface area (Å²) in [5, 5.41) is 0. The summed E-state index contributed by atoms with van der Waals surface area (Å²) in [6.07, 6.45) is 4.19. The predicted molar refractivity (Wildman–Crippen MR) is 54.3 cm³/mol. The quantitative estimate of drug-likeness (QED) is 0.614. The normalized spacial score (nSPS) is 38.5. The van der Waals surface area contributed by atoms with Crippen molar-refractivity contribution < 1.29 is 0 Å². The summed E-state index contributed by atoms with van der Waals surface area (Å²) in [6, 6.07) is 1.62. The fourth-order valence-corrected chi connectivity index (χ4v) is 2.72. The van der Waals surface area contributed by atoms with Gasteiger partial charge in [-0.25, -0.2) is 0 Å². The summed E-state index contributed by atoms with van der Waals surface area (Å²) in [6.45, 7) is 10.6. The van der Waals surface area contributed by atoms with Gasteiger partial charge in [0.25, 0.3) is 0 Å². The Bertz CT molecular complexity index is 121. The smallest absolute Gasteiger partial charge is 0.00722 e. The monoisotopic (exact) mass is 169 g/mol. The molecule has 0 aliphatic carbocycles. The predicted octanol–water partition coefficient (Wildman–Crippen LogP) is 2.91. The molecule has 1 nitrogen and oxygen atoms in total. The standard InChI is InChI=1S/C11H23N/c1-5-11-7-9(3)12(6-2)10(4)8-11/h9-11H,5-8H2,1-4H3. The number of hydrogen-bond donors (Lipinski definition) is 0. The molecule has 1 heterocycles. The summed E-state index contributed by atoms with van der Waals surface area (Å²) >= 11 is 0. The molecule has 2 atom stereocenters. The van der Waals surface area contributed by atoms with Gasteiger partial charge in [0.2, 0.25) is 0 Å². The zero-order chi connectivity index (χ0) is 9.14. The van der Waals surface area contributed by atoms with Crippen molar-refractivity contribution in [3.63, 3.8) is 0 Å². The molecule has 1 fully saturated rings. The molecule has 0 aromatic rings. The third kappa shape index (κ3) is 2.01. The van der Waals surface area contributed by atoms with Crippen LogP contribution in [0.4, 0.5) is 0 Å². The molecule has 0 aromatic heterocycles. The lowest BCUT2D eigenvalue weighted by atomic mass is 9.85.